The minimum absolute atomic E-state index is 0.0379. The lowest BCUT2D eigenvalue weighted by Gasteiger charge is -2.28. The molecule has 118 valence electrons. The molecule has 6 heteroatoms. The number of Topliss-reactive ketones (excluding diaryl/α,β-unsaturated/α-hetero) is 1. The lowest BCUT2D eigenvalue weighted by molar-refractivity contribution is -0.117. The molecule has 1 aromatic carbocycles. The number of ketones is 1. The smallest absolute Gasteiger partial charge is 0.254 e. The van der Waals surface area contributed by atoms with Crippen molar-refractivity contribution in [2.45, 2.75) is 13.3 Å². The summed E-state index contributed by atoms with van der Waals surface area (Å²) >= 11 is 0. The van der Waals surface area contributed by atoms with E-state index in [1.54, 1.807) is 23.1 Å². The van der Waals surface area contributed by atoms with Crippen molar-refractivity contribution < 1.29 is 18.7 Å². The maximum absolute atomic E-state index is 12.4. The van der Waals surface area contributed by atoms with Crippen molar-refractivity contribution in [1.82, 2.24) is 4.90 Å². The van der Waals surface area contributed by atoms with Gasteiger partial charge in [-0.15, -0.1) is 0 Å². The van der Waals surface area contributed by atoms with E-state index in [9.17, 15) is 14.0 Å². The summed E-state index contributed by atoms with van der Waals surface area (Å²) in [5.74, 6) is 0.387. The molecule has 1 heterocycles. The summed E-state index contributed by atoms with van der Waals surface area (Å²) < 4.78 is 17.9. The lowest BCUT2D eigenvalue weighted by Crippen LogP contribution is -2.40. The Bertz CT molecular complexity index is 613. The zero-order valence-corrected chi connectivity index (χ0v) is 12.5. The fourth-order valence-electron chi connectivity index (χ4n) is 2.33. The molecule has 1 aliphatic heterocycles. The molecule has 0 spiro atoms. The van der Waals surface area contributed by atoms with Crippen molar-refractivity contribution in [2.24, 2.45) is 5.73 Å². The highest BCUT2D eigenvalue weighted by Gasteiger charge is 2.25. The Balaban J connectivity index is 2.10. The number of ether oxygens (including phenoxy) is 1. The topological polar surface area (TPSA) is 72.6 Å². The molecule has 0 unspecified atom stereocenters. The number of amides is 1. The van der Waals surface area contributed by atoms with Gasteiger partial charge in [0, 0.05) is 24.2 Å². The Morgan fingerprint density at radius 2 is 2.27 bits per heavy atom. The summed E-state index contributed by atoms with van der Waals surface area (Å²) in [6.07, 6.45) is 1.11. The first-order chi connectivity index (χ1) is 10.5. The number of hydrogen-bond donors (Lipinski definition) is 1. The van der Waals surface area contributed by atoms with E-state index in [-0.39, 0.29) is 31.4 Å². The summed E-state index contributed by atoms with van der Waals surface area (Å²) in [6, 6.07) is 5.13. The van der Waals surface area contributed by atoms with E-state index in [0.717, 1.165) is 5.56 Å². The summed E-state index contributed by atoms with van der Waals surface area (Å²) in [7, 11) is 0. The van der Waals surface area contributed by atoms with Gasteiger partial charge >= 0.3 is 0 Å². The molecule has 2 N–H and O–H groups in total. The van der Waals surface area contributed by atoms with Crippen LogP contribution in [0.1, 0.15) is 22.8 Å². The lowest BCUT2D eigenvalue weighted by atomic mass is 9.98. The molecule has 0 aromatic heterocycles. The highest BCUT2D eigenvalue weighted by molar-refractivity contribution is 5.98. The largest absolute Gasteiger partial charge is 0.489 e. The minimum atomic E-state index is -0.144. The van der Waals surface area contributed by atoms with E-state index in [1.807, 2.05) is 0 Å². The normalized spacial score (nSPS) is 14.8. The van der Waals surface area contributed by atoms with Gasteiger partial charge in [0.1, 0.15) is 18.1 Å². The molecule has 0 saturated heterocycles. The fourth-order valence-corrected chi connectivity index (χ4v) is 2.33. The van der Waals surface area contributed by atoms with Gasteiger partial charge in [0.05, 0.1) is 12.9 Å². The SMILES string of the molecule is CC(=O)CN1CCc2cc(OC/C(=C/F)CN)ccc2C1=O. The van der Waals surface area contributed by atoms with Gasteiger partial charge in [0.2, 0.25) is 0 Å². The second kappa shape index (κ2) is 7.17. The number of nitrogens with two attached hydrogens (primary N) is 1. The van der Waals surface area contributed by atoms with E-state index in [0.29, 0.717) is 36.2 Å². The zero-order valence-electron chi connectivity index (χ0n) is 12.5. The van der Waals surface area contributed by atoms with Crippen LogP contribution < -0.4 is 10.5 Å². The van der Waals surface area contributed by atoms with Crippen LogP contribution in [0.5, 0.6) is 5.75 Å². The molecule has 0 atom stereocenters. The van der Waals surface area contributed by atoms with Gasteiger partial charge in [-0.2, -0.15) is 0 Å². The van der Waals surface area contributed by atoms with Crippen LogP contribution in [-0.4, -0.2) is 42.8 Å². The zero-order chi connectivity index (χ0) is 16.1. The predicted molar refractivity (Wildman–Crippen MR) is 80.5 cm³/mol. The number of hydrogen-bond acceptors (Lipinski definition) is 4. The second-order valence-electron chi connectivity index (χ2n) is 5.26. The summed E-state index contributed by atoms with van der Waals surface area (Å²) in [6.45, 7) is 2.29. The molecule has 0 fully saturated rings. The van der Waals surface area contributed by atoms with Gasteiger partial charge in [-0.1, -0.05) is 0 Å². The highest BCUT2D eigenvalue weighted by atomic mass is 19.1. The maximum atomic E-state index is 12.4. The van der Waals surface area contributed by atoms with Crippen molar-refractivity contribution in [1.29, 1.82) is 0 Å². The molecule has 0 aliphatic carbocycles. The van der Waals surface area contributed by atoms with Crippen LogP contribution in [-0.2, 0) is 11.2 Å². The number of benzene rings is 1. The van der Waals surface area contributed by atoms with E-state index in [4.69, 9.17) is 10.5 Å². The predicted octanol–water partition coefficient (Wildman–Crippen LogP) is 1.46. The minimum Gasteiger partial charge on any atom is -0.489 e. The van der Waals surface area contributed by atoms with Crippen LogP contribution in [0.4, 0.5) is 4.39 Å². The summed E-state index contributed by atoms with van der Waals surface area (Å²) in [4.78, 5) is 25.0. The van der Waals surface area contributed by atoms with Gasteiger partial charge in [0.25, 0.3) is 5.91 Å². The molecule has 5 nitrogen and oxygen atoms in total. The maximum Gasteiger partial charge on any atom is 0.254 e. The van der Waals surface area contributed by atoms with Crippen molar-refractivity contribution in [3.8, 4) is 5.75 Å². The van der Waals surface area contributed by atoms with E-state index in [1.165, 1.54) is 6.92 Å². The number of halogens is 1. The average Bonchev–Trinajstić information content (AvgIpc) is 2.51. The molecular weight excluding hydrogens is 287 g/mol. The van der Waals surface area contributed by atoms with Crippen molar-refractivity contribution >= 4 is 11.7 Å². The van der Waals surface area contributed by atoms with Gasteiger partial charge < -0.3 is 15.4 Å². The van der Waals surface area contributed by atoms with Gasteiger partial charge in [-0.3, -0.25) is 9.59 Å². The van der Waals surface area contributed by atoms with Crippen LogP contribution in [0.2, 0.25) is 0 Å². The first-order valence-electron chi connectivity index (χ1n) is 7.07. The van der Waals surface area contributed by atoms with Gasteiger partial charge in [0.15, 0.2) is 0 Å². The third-order valence-corrected chi connectivity index (χ3v) is 3.50. The van der Waals surface area contributed by atoms with E-state index in [2.05, 4.69) is 0 Å². The summed E-state index contributed by atoms with van der Waals surface area (Å²) in [5, 5.41) is 0. The molecule has 0 radical (unpaired) electrons. The first kappa shape index (κ1) is 16.2. The second-order valence-corrected chi connectivity index (χ2v) is 5.26. The molecule has 1 amide bonds. The number of rotatable bonds is 6. The standard InChI is InChI=1S/C16H19FN2O3/c1-11(20)9-19-5-4-13-6-14(2-3-15(13)16(19)21)22-10-12(7-17)8-18/h2-3,6-7H,4-5,8-10,18H2,1H3/b12-7+. The Labute approximate surface area is 128 Å². The van der Waals surface area contributed by atoms with Crippen LogP contribution >= 0.6 is 0 Å². The number of nitrogens with zero attached hydrogens (tertiary/aromatic N) is 1. The summed E-state index contributed by atoms with van der Waals surface area (Å²) in [5.41, 5.74) is 7.19. The van der Waals surface area contributed by atoms with Crippen LogP contribution in [0.3, 0.4) is 0 Å². The number of carbonyl (C=O) groups excluding carboxylic acids is 2. The van der Waals surface area contributed by atoms with Crippen molar-refractivity contribution in [3.05, 3.63) is 41.2 Å². The molecule has 2 rings (SSSR count). The molecule has 1 aromatic rings. The van der Waals surface area contributed by atoms with E-state index < -0.39 is 0 Å². The Hall–Kier alpha value is -2.21. The molecule has 1 aliphatic rings. The Morgan fingerprint density at radius 1 is 1.50 bits per heavy atom. The monoisotopic (exact) mass is 306 g/mol. The third-order valence-electron chi connectivity index (χ3n) is 3.50. The quantitative estimate of drug-likeness (QED) is 0.863. The molecule has 0 saturated carbocycles. The van der Waals surface area contributed by atoms with Gasteiger partial charge in [-0.25, -0.2) is 4.39 Å². The number of fused-ring (bicyclic) bond motifs is 1. The fraction of sp³-hybridized carbons (Fsp3) is 0.375. The average molecular weight is 306 g/mol. The van der Waals surface area contributed by atoms with Crippen LogP contribution in [0, 0.1) is 0 Å². The molecule has 22 heavy (non-hydrogen) atoms. The van der Waals surface area contributed by atoms with Crippen LogP contribution in [0.25, 0.3) is 0 Å². The Kier molecular flexibility index (Phi) is 5.27. The highest BCUT2D eigenvalue weighted by Crippen LogP contribution is 2.24. The molecular formula is C16H19FN2O3. The van der Waals surface area contributed by atoms with Crippen LogP contribution in [0.15, 0.2) is 30.1 Å². The first-order valence-corrected chi connectivity index (χ1v) is 7.07. The molecule has 0 bridgehead atoms. The van der Waals surface area contributed by atoms with Crippen molar-refractivity contribution in [3.63, 3.8) is 0 Å². The van der Waals surface area contributed by atoms with Gasteiger partial charge in [-0.05, 0) is 37.1 Å². The number of carbonyl (C=O) groups is 2. The van der Waals surface area contributed by atoms with Crippen molar-refractivity contribution in [2.75, 3.05) is 26.2 Å². The van der Waals surface area contributed by atoms with E-state index >= 15 is 0 Å². The Morgan fingerprint density at radius 3 is 2.91 bits per heavy atom. The third kappa shape index (κ3) is 3.71.